The molecule has 3 aromatic rings. The summed E-state index contributed by atoms with van der Waals surface area (Å²) in [6.07, 6.45) is 0. The average Bonchev–Trinajstić information content (AvgIpc) is 2.39. The Hall–Kier alpha value is -1.36. The van der Waals surface area contributed by atoms with Crippen molar-refractivity contribution in [1.82, 2.24) is 0 Å². The fourth-order valence-corrected chi connectivity index (χ4v) is 3.08. The molecule has 3 rings (SSSR count). The Morgan fingerprint density at radius 2 is 1.11 bits per heavy atom. The highest BCUT2D eigenvalue weighted by Gasteiger charge is 2.20. The second-order valence-corrected chi connectivity index (χ2v) is 4.99. The van der Waals surface area contributed by atoms with Gasteiger partial charge in [-0.15, -0.1) is 0 Å². The highest BCUT2D eigenvalue weighted by Crippen LogP contribution is 2.31. The Kier molecular flexibility index (Phi) is 2.86. The van der Waals surface area contributed by atoms with E-state index in [1.54, 1.807) is 0 Å². The van der Waals surface area contributed by atoms with Crippen molar-refractivity contribution in [2.24, 2.45) is 0 Å². The Morgan fingerprint density at radius 1 is 0.722 bits per heavy atom. The maximum Gasteiger partial charge on any atom is 0.489 e. The number of fused-ring (bicyclic) bond motifs is 2. The summed E-state index contributed by atoms with van der Waals surface area (Å²) in [6, 6.07) is 15.4. The molecule has 0 saturated carbocycles. The summed E-state index contributed by atoms with van der Waals surface area (Å²) in [5, 5.41) is 23.0. The van der Waals surface area contributed by atoms with Gasteiger partial charge in [-0.25, -0.2) is 0 Å². The quantitative estimate of drug-likeness (QED) is 0.535. The molecule has 2 nitrogen and oxygen atoms in total. The van der Waals surface area contributed by atoms with Gasteiger partial charge in [0, 0.05) is 4.47 Å². The van der Waals surface area contributed by atoms with Crippen LogP contribution < -0.4 is 5.46 Å². The predicted molar refractivity (Wildman–Crippen MR) is 79.0 cm³/mol. The first-order valence-corrected chi connectivity index (χ1v) is 6.44. The van der Waals surface area contributed by atoms with Crippen molar-refractivity contribution in [3.05, 3.63) is 53.0 Å². The van der Waals surface area contributed by atoms with Crippen molar-refractivity contribution in [3.8, 4) is 0 Å². The van der Waals surface area contributed by atoms with Crippen LogP contribution in [0.5, 0.6) is 0 Å². The normalized spacial score (nSPS) is 11.1. The molecule has 0 bridgehead atoms. The van der Waals surface area contributed by atoms with Crippen LogP contribution >= 0.6 is 15.9 Å². The average molecular weight is 301 g/mol. The maximum atomic E-state index is 9.65. The Labute approximate surface area is 113 Å². The van der Waals surface area contributed by atoms with Crippen LogP contribution in [0.4, 0.5) is 0 Å². The zero-order chi connectivity index (χ0) is 12.7. The number of hydrogen-bond acceptors (Lipinski definition) is 2. The molecule has 2 N–H and O–H groups in total. The van der Waals surface area contributed by atoms with Gasteiger partial charge in [0.05, 0.1) is 0 Å². The number of benzene rings is 3. The first-order valence-electron chi connectivity index (χ1n) is 5.65. The third-order valence-corrected chi connectivity index (χ3v) is 4.02. The summed E-state index contributed by atoms with van der Waals surface area (Å²) in [5.74, 6) is 0. The van der Waals surface area contributed by atoms with Crippen LogP contribution in [0, 0.1) is 0 Å². The van der Waals surface area contributed by atoms with Crippen molar-refractivity contribution in [2.75, 3.05) is 0 Å². The predicted octanol–water partition coefficient (Wildman–Crippen LogP) is 2.44. The molecule has 0 unspecified atom stereocenters. The summed E-state index contributed by atoms with van der Waals surface area (Å²) in [4.78, 5) is 0. The van der Waals surface area contributed by atoms with Gasteiger partial charge in [0.25, 0.3) is 0 Å². The lowest BCUT2D eigenvalue weighted by Gasteiger charge is -2.13. The summed E-state index contributed by atoms with van der Waals surface area (Å²) in [5.41, 5.74) is 0.560. The molecule has 0 heterocycles. The lowest BCUT2D eigenvalue weighted by atomic mass is 9.74. The smallest absolute Gasteiger partial charge is 0.423 e. The van der Waals surface area contributed by atoms with Crippen LogP contribution in [0.3, 0.4) is 0 Å². The van der Waals surface area contributed by atoms with Crippen LogP contribution in [-0.2, 0) is 0 Å². The summed E-state index contributed by atoms with van der Waals surface area (Å²) in [6.45, 7) is 0. The minimum Gasteiger partial charge on any atom is -0.423 e. The first kappa shape index (κ1) is 11.7. The van der Waals surface area contributed by atoms with Crippen LogP contribution in [0.1, 0.15) is 0 Å². The van der Waals surface area contributed by atoms with Gasteiger partial charge in [-0.05, 0) is 42.9 Å². The largest absolute Gasteiger partial charge is 0.489 e. The number of rotatable bonds is 1. The standard InChI is InChI=1S/C14H10BBrO2/c16-14-11-7-3-1-5-9(11)13(15(17)18)10-6-2-4-8-12(10)14/h1-8,17-18H. The van der Waals surface area contributed by atoms with Gasteiger partial charge in [-0.2, -0.15) is 0 Å². The van der Waals surface area contributed by atoms with Crippen LogP contribution in [-0.4, -0.2) is 17.2 Å². The zero-order valence-electron chi connectivity index (χ0n) is 9.47. The molecule has 0 aromatic heterocycles. The maximum absolute atomic E-state index is 9.65. The molecule has 0 radical (unpaired) electrons. The molecule has 0 saturated heterocycles. The monoisotopic (exact) mass is 300 g/mol. The lowest BCUT2D eigenvalue weighted by molar-refractivity contribution is 0.426. The highest BCUT2D eigenvalue weighted by atomic mass is 79.9. The van der Waals surface area contributed by atoms with E-state index in [2.05, 4.69) is 15.9 Å². The third kappa shape index (κ3) is 1.65. The van der Waals surface area contributed by atoms with Crippen molar-refractivity contribution in [2.45, 2.75) is 0 Å². The van der Waals surface area contributed by atoms with E-state index >= 15 is 0 Å². The summed E-state index contributed by atoms with van der Waals surface area (Å²) < 4.78 is 0.984. The lowest BCUT2D eigenvalue weighted by Crippen LogP contribution is -2.31. The van der Waals surface area contributed by atoms with Gasteiger partial charge in [0.1, 0.15) is 0 Å². The molecule has 0 aliphatic heterocycles. The SMILES string of the molecule is OB(O)c1c2ccccc2c(Br)c2ccccc12. The zero-order valence-corrected chi connectivity index (χ0v) is 11.1. The topological polar surface area (TPSA) is 40.5 Å². The fraction of sp³-hybridized carbons (Fsp3) is 0. The molecule has 3 aromatic carbocycles. The van der Waals surface area contributed by atoms with E-state index in [-0.39, 0.29) is 0 Å². The molecular weight excluding hydrogens is 291 g/mol. The van der Waals surface area contributed by atoms with Gasteiger partial charge in [0.15, 0.2) is 0 Å². The Morgan fingerprint density at radius 3 is 1.50 bits per heavy atom. The van der Waals surface area contributed by atoms with Gasteiger partial charge in [-0.3, -0.25) is 0 Å². The Balaban J connectivity index is 2.63. The van der Waals surface area contributed by atoms with Gasteiger partial charge >= 0.3 is 7.12 Å². The van der Waals surface area contributed by atoms with Crippen molar-refractivity contribution < 1.29 is 10.0 Å². The molecule has 88 valence electrons. The van der Waals surface area contributed by atoms with Gasteiger partial charge in [-0.1, -0.05) is 48.5 Å². The number of hydrogen-bond donors (Lipinski definition) is 2. The van der Waals surface area contributed by atoms with E-state index in [1.165, 1.54) is 0 Å². The van der Waals surface area contributed by atoms with Crippen molar-refractivity contribution >= 4 is 50.1 Å². The molecule has 0 aliphatic rings. The van der Waals surface area contributed by atoms with Gasteiger partial charge < -0.3 is 10.0 Å². The van der Waals surface area contributed by atoms with Gasteiger partial charge in [0.2, 0.25) is 0 Å². The first-order chi connectivity index (χ1) is 8.70. The molecule has 0 atom stereocenters. The molecular formula is C14H10BBrO2. The molecule has 4 heteroatoms. The summed E-state index contributed by atoms with van der Waals surface area (Å²) >= 11 is 3.60. The third-order valence-electron chi connectivity index (χ3n) is 3.17. The second kappa shape index (κ2) is 4.39. The van der Waals surface area contributed by atoms with E-state index in [0.29, 0.717) is 5.46 Å². The highest BCUT2D eigenvalue weighted by molar-refractivity contribution is 9.10. The van der Waals surface area contributed by atoms with E-state index < -0.39 is 7.12 Å². The Bertz CT molecular complexity index is 683. The summed E-state index contributed by atoms with van der Waals surface area (Å²) in [7, 11) is -1.48. The molecule has 18 heavy (non-hydrogen) atoms. The van der Waals surface area contributed by atoms with E-state index in [9.17, 15) is 10.0 Å². The minimum atomic E-state index is -1.48. The van der Waals surface area contributed by atoms with E-state index in [4.69, 9.17) is 0 Å². The van der Waals surface area contributed by atoms with E-state index in [1.807, 2.05) is 48.5 Å². The fourth-order valence-electron chi connectivity index (χ4n) is 2.39. The number of halogens is 1. The van der Waals surface area contributed by atoms with Crippen LogP contribution in [0.25, 0.3) is 21.5 Å². The van der Waals surface area contributed by atoms with E-state index in [0.717, 1.165) is 26.0 Å². The second-order valence-electron chi connectivity index (χ2n) is 4.19. The van der Waals surface area contributed by atoms with Crippen molar-refractivity contribution in [3.63, 3.8) is 0 Å². The molecule has 0 spiro atoms. The van der Waals surface area contributed by atoms with Crippen LogP contribution in [0.2, 0.25) is 0 Å². The molecule has 0 amide bonds. The molecule has 0 aliphatic carbocycles. The van der Waals surface area contributed by atoms with Crippen LogP contribution in [0.15, 0.2) is 53.0 Å². The van der Waals surface area contributed by atoms with Crippen molar-refractivity contribution in [1.29, 1.82) is 0 Å². The molecule has 0 fully saturated rings. The minimum absolute atomic E-state index is 0.560.